The summed E-state index contributed by atoms with van der Waals surface area (Å²) in [5, 5.41) is 15.1. The van der Waals surface area contributed by atoms with E-state index in [0.717, 1.165) is 35.1 Å². The van der Waals surface area contributed by atoms with Gasteiger partial charge in [-0.25, -0.2) is 4.79 Å². The van der Waals surface area contributed by atoms with Crippen molar-refractivity contribution in [1.29, 1.82) is 0 Å². The molecule has 2 aromatic carbocycles. The van der Waals surface area contributed by atoms with Crippen LogP contribution in [0.1, 0.15) is 56.6 Å². The van der Waals surface area contributed by atoms with Gasteiger partial charge in [-0.3, -0.25) is 9.59 Å². The first-order valence-electron chi connectivity index (χ1n) is 12.0. The predicted octanol–water partition coefficient (Wildman–Crippen LogP) is 4.31. The minimum absolute atomic E-state index is 0.0339. The van der Waals surface area contributed by atoms with Gasteiger partial charge in [-0.1, -0.05) is 68.3 Å². The van der Waals surface area contributed by atoms with Crippen molar-refractivity contribution in [2.24, 2.45) is 11.8 Å². The number of aliphatic carboxylic acids is 1. The van der Waals surface area contributed by atoms with Crippen LogP contribution in [-0.4, -0.2) is 41.8 Å². The van der Waals surface area contributed by atoms with Gasteiger partial charge in [0.05, 0.1) is 11.8 Å². The summed E-state index contributed by atoms with van der Waals surface area (Å²) in [6.45, 7) is 3.68. The van der Waals surface area contributed by atoms with Crippen molar-refractivity contribution in [3.63, 3.8) is 0 Å². The molecule has 7 nitrogen and oxygen atoms in total. The Morgan fingerprint density at radius 2 is 1.56 bits per heavy atom. The highest BCUT2D eigenvalue weighted by Crippen LogP contribution is 2.44. The molecule has 2 unspecified atom stereocenters. The molecule has 0 aromatic heterocycles. The highest BCUT2D eigenvalue weighted by molar-refractivity contribution is 5.82. The Bertz CT molecular complexity index is 1020. The van der Waals surface area contributed by atoms with Gasteiger partial charge in [0.15, 0.2) is 0 Å². The highest BCUT2D eigenvalue weighted by atomic mass is 16.5. The summed E-state index contributed by atoms with van der Waals surface area (Å²) in [6, 6.07) is 15.4. The molecule has 4 rings (SSSR count). The van der Waals surface area contributed by atoms with E-state index >= 15 is 0 Å². The number of rotatable bonds is 7. The number of hydrogen-bond acceptors (Lipinski definition) is 4. The second kappa shape index (κ2) is 10.3. The van der Waals surface area contributed by atoms with Crippen LogP contribution in [-0.2, 0) is 14.3 Å². The largest absolute Gasteiger partial charge is 0.481 e. The molecule has 34 heavy (non-hydrogen) atoms. The summed E-state index contributed by atoms with van der Waals surface area (Å²) in [6.07, 6.45) is 2.41. The van der Waals surface area contributed by atoms with Crippen LogP contribution in [0, 0.1) is 11.8 Å². The first kappa shape index (κ1) is 23.8. The molecule has 1 fully saturated rings. The predicted molar refractivity (Wildman–Crippen MR) is 128 cm³/mol. The monoisotopic (exact) mass is 464 g/mol. The molecule has 1 saturated carbocycles. The Hall–Kier alpha value is -3.35. The number of carboxylic acid groups (broad SMARTS) is 1. The first-order valence-corrected chi connectivity index (χ1v) is 12.0. The molecule has 0 saturated heterocycles. The minimum Gasteiger partial charge on any atom is -0.481 e. The molecule has 0 heterocycles. The quantitative estimate of drug-likeness (QED) is 0.566. The normalized spacial score (nSPS) is 21.0. The Kier molecular flexibility index (Phi) is 7.20. The highest BCUT2D eigenvalue weighted by Gasteiger charge is 2.34. The van der Waals surface area contributed by atoms with Crippen LogP contribution >= 0.6 is 0 Å². The van der Waals surface area contributed by atoms with Crippen molar-refractivity contribution >= 4 is 18.0 Å². The van der Waals surface area contributed by atoms with Crippen molar-refractivity contribution in [2.75, 3.05) is 6.61 Å². The Morgan fingerprint density at radius 1 is 0.971 bits per heavy atom. The summed E-state index contributed by atoms with van der Waals surface area (Å²) in [5.41, 5.74) is 4.59. The van der Waals surface area contributed by atoms with Crippen LogP contribution in [0.2, 0.25) is 0 Å². The van der Waals surface area contributed by atoms with Gasteiger partial charge in [-0.05, 0) is 42.0 Å². The molecule has 2 aliphatic carbocycles. The van der Waals surface area contributed by atoms with Crippen molar-refractivity contribution in [2.45, 2.75) is 57.5 Å². The summed E-state index contributed by atoms with van der Waals surface area (Å²) in [4.78, 5) is 36.8. The Morgan fingerprint density at radius 3 is 2.18 bits per heavy atom. The topological polar surface area (TPSA) is 105 Å². The number of carboxylic acids is 1. The summed E-state index contributed by atoms with van der Waals surface area (Å²) in [5.74, 6) is -2.26. The molecule has 4 atom stereocenters. The smallest absolute Gasteiger partial charge is 0.407 e. The minimum atomic E-state index is -0.873. The second-order valence-corrected chi connectivity index (χ2v) is 9.39. The van der Waals surface area contributed by atoms with E-state index in [9.17, 15) is 19.5 Å². The number of benzene rings is 2. The van der Waals surface area contributed by atoms with Gasteiger partial charge in [-0.2, -0.15) is 0 Å². The third-order valence-corrected chi connectivity index (χ3v) is 7.26. The van der Waals surface area contributed by atoms with Gasteiger partial charge in [-0.15, -0.1) is 0 Å². The fraction of sp³-hybridized carbons (Fsp3) is 0.444. The standard InChI is InChI=1S/C27H32N2O5/c1-16(25(30)29-24-14-8-7-13-22(24)26(31)32)17(2)28-27(33)34-15-23-20-11-5-3-9-18(20)19-10-4-6-12-21(19)23/h3-6,9-12,16-17,22-24H,7-8,13-15H2,1-2H3,(H,28,33)(H,29,30)(H,31,32)/t16?,17?,22-,24+/m0/s1. The zero-order valence-electron chi connectivity index (χ0n) is 19.6. The van der Waals surface area contributed by atoms with E-state index in [0.29, 0.717) is 12.8 Å². The number of alkyl carbamates (subject to hydrolysis) is 1. The lowest BCUT2D eigenvalue weighted by Gasteiger charge is -2.31. The zero-order chi connectivity index (χ0) is 24.2. The van der Waals surface area contributed by atoms with E-state index in [4.69, 9.17) is 4.74 Å². The molecule has 2 amide bonds. The summed E-state index contributed by atoms with van der Waals surface area (Å²) >= 11 is 0. The van der Waals surface area contributed by atoms with Gasteiger partial charge < -0.3 is 20.5 Å². The van der Waals surface area contributed by atoms with Crippen LogP contribution in [0.25, 0.3) is 11.1 Å². The summed E-state index contributed by atoms with van der Waals surface area (Å²) < 4.78 is 5.58. The lowest BCUT2D eigenvalue weighted by molar-refractivity contribution is -0.144. The van der Waals surface area contributed by atoms with E-state index in [1.165, 1.54) is 0 Å². The van der Waals surface area contributed by atoms with Gasteiger partial charge in [0, 0.05) is 18.0 Å². The number of nitrogens with one attached hydrogen (secondary N) is 2. The lowest BCUT2D eigenvalue weighted by Crippen LogP contribution is -2.50. The van der Waals surface area contributed by atoms with Crippen molar-refractivity contribution in [1.82, 2.24) is 10.6 Å². The molecule has 3 N–H and O–H groups in total. The maximum Gasteiger partial charge on any atom is 0.407 e. The lowest BCUT2D eigenvalue weighted by atomic mass is 9.84. The maximum absolute atomic E-state index is 12.7. The third kappa shape index (κ3) is 4.93. The van der Waals surface area contributed by atoms with Crippen molar-refractivity contribution in [3.8, 4) is 11.1 Å². The molecular weight excluding hydrogens is 432 g/mol. The van der Waals surface area contributed by atoms with Gasteiger partial charge >= 0.3 is 12.1 Å². The molecule has 7 heteroatoms. The Labute approximate surface area is 199 Å². The van der Waals surface area contributed by atoms with E-state index in [-0.39, 0.29) is 24.5 Å². The van der Waals surface area contributed by atoms with Gasteiger partial charge in [0.1, 0.15) is 6.61 Å². The Balaban J connectivity index is 1.32. The molecular formula is C27H32N2O5. The molecule has 180 valence electrons. The molecule has 0 spiro atoms. The average Bonchev–Trinajstić information content (AvgIpc) is 3.16. The molecule has 0 aliphatic heterocycles. The zero-order valence-corrected chi connectivity index (χ0v) is 19.6. The van der Waals surface area contributed by atoms with E-state index in [1.54, 1.807) is 13.8 Å². The molecule has 2 aliphatic rings. The average molecular weight is 465 g/mol. The van der Waals surface area contributed by atoms with Crippen molar-refractivity contribution in [3.05, 3.63) is 59.7 Å². The van der Waals surface area contributed by atoms with E-state index < -0.39 is 29.9 Å². The third-order valence-electron chi connectivity index (χ3n) is 7.26. The maximum atomic E-state index is 12.7. The van der Waals surface area contributed by atoms with Crippen LogP contribution < -0.4 is 10.6 Å². The molecule has 2 aromatic rings. The number of carbonyl (C=O) groups is 3. The number of fused-ring (bicyclic) bond motifs is 3. The van der Waals surface area contributed by atoms with Crippen LogP contribution in [0.15, 0.2) is 48.5 Å². The number of amides is 2. The van der Waals surface area contributed by atoms with Crippen LogP contribution in [0.5, 0.6) is 0 Å². The van der Waals surface area contributed by atoms with Gasteiger partial charge in [0.2, 0.25) is 5.91 Å². The van der Waals surface area contributed by atoms with E-state index in [1.807, 2.05) is 24.3 Å². The number of hydrogen-bond donors (Lipinski definition) is 3. The number of carbonyl (C=O) groups excluding carboxylic acids is 2. The van der Waals surface area contributed by atoms with Crippen LogP contribution in [0.4, 0.5) is 4.79 Å². The summed E-state index contributed by atoms with van der Waals surface area (Å²) in [7, 11) is 0. The first-order chi connectivity index (χ1) is 16.4. The molecule has 0 bridgehead atoms. The fourth-order valence-corrected chi connectivity index (χ4v) is 5.09. The van der Waals surface area contributed by atoms with E-state index in [2.05, 4.69) is 34.9 Å². The van der Waals surface area contributed by atoms with Crippen molar-refractivity contribution < 1.29 is 24.2 Å². The second-order valence-electron chi connectivity index (χ2n) is 9.39. The fourth-order valence-electron chi connectivity index (χ4n) is 5.09. The molecule has 0 radical (unpaired) electrons. The van der Waals surface area contributed by atoms with Crippen LogP contribution in [0.3, 0.4) is 0 Å². The SMILES string of the molecule is CC(NC(=O)OCC1c2ccccc2-c2ccccc21)C(C)C(=O)N[C@@H]1CCCC[C@@H]1C(=O)O. The van der Waals surface area contributed by atoms with Gasteiger partial charge in [0.25, 0.3) is 0 Å². The number of ether oxygens (including phenoxy) is 1.